The van der Waals surface area contributed by atoms with Crippen LogP contribution in [0, 0.1) is 6.92 Å². The first-order valence-electron chi connectivity index (χ1n) is 10.1. The number of likely N-dealkylation sites (tertiary alicyclic amines) is 1. The molecule has 0 radical (unpaired) electrons. The van der Waals surface area contributed by atoms with Crippen LogP contribution in [-0.4, -0.2) is 33.9 Å². The number of amides is 1. The highest BCUT2D eigenvalue weighted by molar-refractivity contribution is 7.10. The number of hydrogen-bond acceptors (Lipinski definition) is 4. The lowest BCUT2D eigenvalue weighted by atomic mass is 9.89. The Kier molecular flexibility index (Phi) is 6.15. The molecule has 0 bridgehead atoms. The molecular formula is C24H25N3OS. The second-order valence-electron chi connectivity index (χ2n) is 7.44. The van der Waals surface area contributed by atoms with Crippen molar-refractivity contribution in [1.29, 1.82) is 0 Å². The van der Waals surface area contributed by atoms with Gasteiger partial charge in [-0.15, -0.1) is 11.3 Å². The van der Waals surface area contributed by atoms with Gasteiger partial charge in [-0.25, -0.2) is 9.97 Å². The molecule has 0 spiro atoms. The molecule has 1 aromatic carbocycles. The van der Waals surface area contributed by atoms with Gasteiger partial charge in [0.25, 0.3) is 0 Å². The SMILES string of the molecule is Cc1ncc(Cc2ccccc2)c(C2CCN(C(=O)C=Cc3cccs3)CC2)n1. The third kappa shape index (κ3) is 4.98. The van der Waals surface area contributed by atoms with E-state index >= 15 is 0 Å². The summed E-state index contributed by atoms with van der Waals surface area (Å²) in [5.74, 6) is 1.29. The van der Waals surface area contributed by atoms with E-state index in [-0.39, 0.29) is 5.91 Å². The number of carbonyl (C=O) groups excluding carboxylic acids is 1. The standard InChI is InChI=1S/C24H25N3OS/c1-18-25-17-21(16-19-6-3-2-4-7-19)24(26-18)20-11-13-27(14-12-20)23(28)10-9-22-8-5-15-29-22/h2-10,15,17,20H,11-14,16H2,1H3. The van der Waals surface area contributed by atoms with E-state index in [0.717, 1.165) is 48.7 Å². The first kappa shape index (κ1) is 19.5. The van der Waals surface area contributed by atoms with Crippen LogP contribution in [0.3, 0.4) is 0 Å². The highest BCUT2D eigenvalue weighted by Crippen LogP contribution is 2.30. The molecule has 4 rings (SSSR count). The van der Waals surface area contributed by atoms with Crippen LogP contribution in [0.15, 0.2) is 60.1 Å². The molecule has 0 unspecified atom stereocenters. The molecule has 0 aliphatic carbocycles. The fraction of sp³-hybridized carbons (Fsp3) is 0.292. The van der Waals surface area contributed by atoms with Gasteiger partial charge in [0.05, 0.1) is 5.69 Å². The Morgan fingerprint density at radius 2 is 1.97 bits per heavy atom. The molecule has 0 saturated carbocycles. The van der Waals surface area contributed by atoms with Gasteiger partial charge in [-0.05, 0) is 48.4 Å². The third-order valence-electron chi connectivity index (χ3n) is 5.38. The fourth-order valence-corrected chi connectivity index (χ4v) is 4.45. The molecule has 0 N–H and O–H groups in total. The average Bonchev–Trinajstić information content (AvgIpc) is 3.28. The number of hydrogen-bond donors (Lipinski definition) is 0. The smallest absolute Gasteiger partial charge is 0.246 e. The molecule has 5 heteroatoms. The molecule has 0 atom stereocenters. The zero-order chi connectivity index (χ0) is 20.1. The minimum Gasteiger partial charge on any atom is -0.339 e. The Hall–Kier alpha value is -2.79. The summed E-state index contributed by atoms with van der Waals surface area (Å²) in [5, 5.41) is 2.02. The van der Waals surface area contributed by atoms with Crippen LogP contribution in [0.5, 0.6) is 0 Å². The largest absolute Gasteiger partial charge is 0.339 e. The van der Waals surface area contributed by atoms with Gasteiger partial charge in [-0.3, -0.25) is 4.79 Å². The normalized spacial score (nSPS) is 15.1. The molecule has 2 aromatic heterocycles. The van der Waals surface area contributed by atoms with Crippen LogP contribution in [0.4, 0.5) is 0 Å². The summed E-state index contributed by atoms with van der Waals surface area (Å²) in [6.07, 6.45) is 8.31. The molecule has 148 valence electrons. The summed E-state index contributed by atoms with van der Waals surface area (Å²) in [6, 6.07) is 14.5. The van der Waals surface area contributed by atoms with Gasteiger partial charge in [-0.1, -0.05) is 36.4 Å². The summed E-state index contributed by atoms with van der Waals surface area (Å²) < 4.78 is 0. The quantitative estimate of drug-likeness (QED) is 0.572. The molecule has 1 amide bonds. The zero-order valence-electron chi connectivity index (χ0n) is 16.6. The maximum atomic E-state index is 12.5. The average molecular weight is 404 g/mol. The van der Waals surface area contributed by atoms with E-state index < -0.39 is 0 Å². The first-order chi connectivity index (χ1) is 14.2. The van der Waals surface area contributed by atoms with Crippen molar-refractivity contribution in [3.63, 3.8) is 0 Å². The number of aromatic nitrogens is 2. The summed E-state index contributed by atoms with van der Waals surface area (Å²) in [4.78, 5) is 24.8. The van der Waals surface area contributed by atoms with Crippen molar-refractivity contribution in [1.82, 2.24) is 14.9 Å². The van der Waals surface area contributed by atoms with E-state index in [2.05, 4.69) is 29.2 Å². The molecule has 4 nitrogen and oxygen atoms in total. The van der Waals surface area contributed by atoms with Crippen molar-refractivity contribution in [2.24, 2.45) is 0 Å². The van der Waals surface area contributed by atoms with Crippen LogP contribution in [0.25, 0.3) is 6.08 Å². The third-order valence-corrected chi connectivity index (χ3v) is 6.22. The minimum atomic E-state index is 0.0974. The van der Waals surface area contributed by atoms with E-state index in [0.29, 0.717) is 5.92 Å². The molecular weight excluding hydrogens is 378 g/mol. The Morgan fingerprint density at radius 1 is 1.17 bits per heavy atom. The van der Waals surface area contributed by atoms with Crippen LogP contribution < -0.4 is 0 Å². The van der Waals surface area contributed by atoms with E-state index in [1.165, 1.54) is 11.1 Å². The predicted octanol–water partition coefficient (Wildman–Crippen LogP) is 4.86. The Labute approximate surface area is 176 Å². The van der Waals surface area contributed by atoms with Gasteiger partial charge in [0, 0.05) is 42.6 Å². The number of thiophene rings is 1. The van der Waals surface area contributed by atoms with Gasteiger partial charge in [0.1, 0.15) is 5.82 Å². The van der Waals surface area contributed by atoms with Gasteiger partial charge >= 0.3 is 0 Å². The van der Waals surface area contributed by atoms with Crippen molar-refractivity contribution in [2.45, 2.75) is 32.1 Å². The lowest BCUT2D eigenvalue weighted by Gasteiger charge is -2.32. The van der Waals surface area contributed by atoms with Gasteiger partial charge in [0.2, 0.25) is 5.91 Å². The van der Waals surface area contributed by atoms with Crippen molar-refractivity contribution in [3.8, 4) is 0 Å². The number of aryl methyl sites for hydroxylation is 1. The Balaban J connectivity index is 1.43. The number of benzene rings is 1. The van der Waals surface area contributed by atoms with Crippen molar-refractivity contribution in [3.05, 3.63) is 87.6 Å². The number of rotatable bonds is 5. The lowest BCUT2D eigenvalue weighted by Crippen LogP contribution is -2.37. The molecule has 1 aliphatic rings. The topological polar surface area (TPSA) is 46.1 Å². The van der Waals surface area contributed by atoms with Crippen LogP contribution in [0.1, 0.15) is 46.3 Å². The highest BCUT2D eigenvalue weighted by Gasteiger charge is 2.25. The number of nitrogens with zero attached hydrogens (tertiary/aromatic N) is 3. The fourth-order valence-electron chi connectivity index (χ4n) is 3.84. The van der Waals surface area contributed by atoms with Gasteiger partial charge in [-0.2, -0.15) is 0 Å². The maximum absolute atomic E-state index is 12.5. The predicted molar refractivity (Wildman–Crippen MR) is 118 cm³/mol. The zero-order valence-corrected chi connectivity index (χ0v) is 17.4. The van der Waals surface area contributed by atoms with Crippen LogP contribution in [-0.2, 0) is 11.2 Å². The summed E-state index contributed by atoms with van der Waals surface area (Å²) in [7, 11) is 0. The highest BCUT2D eigenvalue weighted by atomic mass is 32.1. The van der Waals surface area contributed by atoms with E-state index in [4.69, 9.17) is 4.98 Å². The summed E-state index contributed by atoms with van der Waals surface area (Å²) in [5.41, 5.74) is 3.62. The minimum absolute atomic E-state index is 0.0974. The Bertz CT molecular complexity index is 975. The van der Waals surface area contributed by atoms with Crippen molar-refractivity contribution in [2.75, 3.05) is 13.1 Å². The summed E-state index contributed by atoms with van der Waals surface area (Å²) in [6.45, 7) is 3.49. The lowest BCUT2D eigenvalue weighted by molar-refractivity contribution is -0.126. The van der Waals surface area contributed by atoms with Crippen molar-refractivity contribution >= 4 is 23.3 Å². The number of piperidine rings is 1. The van der Waals surface area contributed by atoms with E-state index in [1.54, 1.807) is 17.4 Å². The van der Waals surface area contributed by atoms with Crippen LogP contribution in [0.2, 0.25) is 0 Å². The molecule has 3 heterocycles. The monoisotopic (exact) mass is 403 g/mol. The van der Waals surface area contributed by atoms with E-state index in [1.807, 2.05) is 47.7 Å². The number of carbonyl (C=O) groups is 1. The maximum Gasteiger partial charge on any atom is 0.246 e. The molecule has 1 saturated heterocycles. The molecule has 29 heavy (non-hydrogen) atoms. The van der Waals surface area contributed by atoms with Crippen molar-refractivity contribution < 1.29 is 4.79 Å². The molecule has 3 aromatic rings. The van der Waals surface area contributed by atoms with E-state index in [9.17, 15) is 4.79 Å². The molecule has 1 aliphatic heterocycles. The second kappa shape index (κ2) is 9.14. The van der Waals surface area contributed by atoms with Gasteiger partial charge in [0.15, 0.2) is 0 Å². The molecule has 1 fully saturated rings. The van der Waals surface area contributed by atoms with Crippen LogP contribution >= 0.6 is 11.3 Å². The Morgan fingerprint density at radius 3 is 2.69 bits per heavy atom. The second-order valence-corrected chi connectivity index (χ2v) is 8.42. The first-order valence-corrected chi connectivity index (χ1v) is 10.9. The van der Waals surface area contributed by atoms with Gasteiger partial charge < -0.3 is 4.90 Å². The summed E-state index contributed by atoms with van der Waals surface area (Å²) >= 11 is 1.64.